The number of amides is 1. The zero-order chi connectivity index (χ0) is 20.2. The molecule has 4 rings (SSSR count). The zero-order valence-corrected chi connectivity index (χ0v) is 16.8. The highest BCUT2D eigenvalue weighted by molar-refractivity contribution is 8.00. The maximum absolute atomic E-state index is 12.3. The van der Waals surface area contributed by atoms with E-state index in [0.717, 1.165) is 5.52 Å². The number of H-pyrrole nitrogens is 1. The first kappa shape index (κ1) is 19.1. The van der Waals surface area contributed by atoms with Gasteiger partial charge in [-0.2, -0.15) is 0 Å². The monoisotopic (exact) mass is 425 g/mol. The van der Waals surface area contributed by atoms with E-state index >= 15 is 0 Å². The Kier molecular flexibility index (Phi) is 5.54. The van der Waals surface area contributed by atoms with E-state index in [2.05, 4.69) is 25.5 Å². The molecule has 8 nitrogen and oxygen atoms in total. The van der Waals surface area contributed by atoms with Crippen LogP contribution in [0.15, 0.2) is 57.7 Å². The molecule has 0 saturated heterocycles. The number of methoxy groups -OCH3 is 1. The van der Waals surface area contributed by atoms with Crippen LogP contribution in [0.4, 0.5) is 5.13 Å². The minimum atomic E-state index is -0.302. The quantitative estimate of drug-likeness (QED) is 0.360. The highest BCUT2D eigenvalue weighted by Gasteiger charge is 2.13. The molecule has 2 N–H and O–H groups in total. The molecule has 0 aliphatic carbocycles. The molecule has 146 valence electrons. The Morgan fingerprint density at radius 2 is 2.07 bits per heavy atom. The summed E-state index contributed by atoms with van der Waals surface area (Å²) < 4.78 is 5.75. The predicted octanol–water partition coefficient (Wildman–Crippen LogP) is 3.33. The number of thioether (sulfide) groups is 1. The van der Waals surface area contributed by atoms with Crippen molar-refractivity contribution in [2.75, 3.05) is 12.4 Å². The van der Waals surface area contributed by atoms with Gasteiger partial charge >= 0.3 is 0 Å². The number of anilines is 1. The average Bonchev–Trinajstić information content (AvgIpc) is 3.19. The largest absolute Gasteiger partial charge is 0.497 e. The van der Waals surface area contributed by atoms with Crippen LogP contribution in [-0.2, 0) is 5.75 Å². The van der Waals surface area contributed by atoms with Crippen molar-refractivity contribution >= 4 is 45.2 Å². The summed E-state index contributed by atoms with van der Waals surface area (Å²) in [5.74, 6) is 0.641. The van der Waals surface area contributed by atoms with Crippen molar-refractivity contribution in [3.8, 4) is 5.75 Å². The number of rotatable bonds is 6. The molecular formula is C19H15N5O3S2. The Labute approximate surface area is 173 Å². The second kappa shape index (κ2) is 8.41. The summed E-state index contributed by atoms with van der Waals surface area (Å²) in [5, 5.41) is 11.1. The summed E-state index contributed by atoms with van der Waals surface area (Å²) in [7, 11) is 1.54. The molecule has 0 atom stereocenters. The summed E-state index contributed by atoms with van der Waals surface area (Å²) in [6.45, 7) is 0. The van der Waals surface area contributed by atoms with Crippen LogP contribution in [0.1, 0.15) is 16.1 Å². The molecule has 2 heterocycles. The second-order valence-corrected chi connectivity index (χ2v) is 8.08. The molecule has 0 fully saturated rings. The Bertz CT molecular complexity index is 1240. The summed E-state index contributed by atoms with van der Waals surface area (Å²) in [4.78, 5) is 31.8. The Morgan fingerprint density at radius 3 is 2.93 bits per heavy atom. The maximum atomic E-state index is 12.3. The van der Waals surface area contributed by atoms with Gasteiger partial charge in [0, 0.05) is 11.3 Å². The smallest absolute Gasteiger partial charge is 0.271 e. The van der Waals surface area contributed by atoms with Gasteiger partial charge in [0.05, 0.1) is 18.1 Å². The first-order chi connectivity index (χ1) is 14.1. The van der Waals surface area contributed by atoms with Crippen LogP contribution in [-0.4, -0.2) is 33.2 Å². The van der Waals surface area contributed by atoms with E-state index < -0.39 is 0 Å². The molecule has 0 unspecified atom stereocenters. The number of benzene rings is 2. The van der Waals surface area contributed by atoms with Crippen LogP contribution in [0.25, 0.3) is 11.0 Å². The SMILES string of the molecule is COc1cccc(C(=O)Nc2nnc(SCc3nc4ccccc4[nH]c3=O)s2)c1. The third-order valence-electron chi connectivity index (χ3n) is 3.96. The molecule has 0 saturated carbocycles. The fraction of sp³-hybridized carbons (Fsp3) is 0.105. The van der Waals surface area contributed by atoms with Crippen molar-refractivity contribution in [1.29, 1.82) is 0 Å². The fourth-order valence-electron chi connectivity index (χ4n) is 2.55. The van der Waals surface area contributed by atoms with Crippen LogP contribution < -0.4 is 15.6 Å². The van der Waals surface area contributed by atoms with Gasteiger partial charge in [-0.1, -0.05) is 41.3 Å². The van der Waals surface area contributed by atoms with Gasteiger partial charge in [0.2, 0.25) is 5.13 Å². The highest BCUT2D eigenvalue weighted by atomic mass is 32.2. The fourth-order valence-corrected chi connectivity index (χ4v) is 4.22. The van der Waals surface area contributed by atoms with Crippen molar-refractivity contribution in [3.05, 3.63) is 70.1 Å². The first-order valence-corrected chi connectivity index (χ1v) is 10.3. The number of para-hydroxylation sites is 2. The first-order valence-electron chi connectivity index (χ1n) is 8.52. The van der Waals surface area contributed by atoms with Crippen molar-refractivity contribution in [1.82, 2.24) is 20.2 Å². The van der Waals surface area contributed by atoms with Crippen molar-refractivity contribution in [2.24, 2.45) is 0 Å². The molecule has 0 aliphatic rings. The van der Waals surface area contributed by atoms with E-state index in [0.29, 0.717) is 37.7 Å². The topological polar surface area (TPSA) is 110 Å². The third-order valence-corrected chi connectivity index (χ3v) is 5.94. The Morgan fingerprint density at radius 1 is 1.21 bits per heavy atom. The molecule has 2 aromatic heterocycles. The summed E-state index contributed by atoms with van der Waals surface area (Å²) in [5.41, 5.74) is 2.06. The lowest BCUT2D eigenvalue weighted by Crippen LogP contribution is -2.14. The van der Waals surface area contributed by atoms with Crippen LogP contribution in [0.2, 0.25) is 0 Å². The van der Waals surface area contributed by atoms with Crippen molar-refractivity contribution in [3.63, 3.8) is 0 Å². The molecule has 29 heavy (non-hydrogen) atoms. The summed E-state index contributed by atoms with van der Waals surface area (Å²) in [6.07, 6.45) is 0. The minimum Gasteiger partial charge on any atom is -0.497 e. The number of ether oxygens (including phenoxy) is 1. The van der Waals surface area contributed by atoms with Gasteiger partial charge in [0.1, 0.15) is 11.4 Å². The van der Waals surface area contributed by atoms with E-state index in [1.807, 2.05) is 24.3 Å². The number of nitrogens with zero attached hydrogens (tertiary/aromatic N) is 3. The number of aromatic nitrogens is 4. The van der Waals surface area contributed by atoms with Crippen LogP contribution in [0, 0.1) is 0 Å². The van der Waals surface area contributed by atoms with Gasteiger partial charge < -0.3 is 9.72 Å². The highest BCUT2D eigenvalue weighted by Crippen LogP contribution is 2.28. The van der Waals surface area contributed by atoms with E-state index in [1.54, 1.807) is 31.4 Å². The van der Waals surface area contributed by atoms with Crippen LogP contribution in [0.3, 0.4) is 0 Å². The predicted molar refractivity (Wildman–Crippen MR) is 113 cm³/mol. The molecule has 0 radical (unpaired) electrons. The number of fused-ring (bicyclic) bond motifs is 1. The molecule has 0 bridgehead atoms. The van der Waals surface area contributed by atoms with E-state index in [-0.39, 0.29) is 11.5 Å². The van der Waals surface area contributed by atoms with Gasteiger partial charge in [-0.3, -0.25) is 14.9 Å². The molecule has 0 aliphatic heterocycles. The summed E-state index contributed by atoms with van der Waals surface area (Å²) >= 11 is 2.57. The number of aromatic amines is 1. The van der Waals surface area contributed by atoms with Crippen molar-refractivity contribution in [2.45, 2.75) is 10.1 Å². The lowest BCUT2D eigenvalue weighted by Gasteiger charge is -2.03. The lowest BCUT2D eigenvalue weighted by atomic mass is 10.2. The number of nitrogens with one attached hydrogen (secondary N) is 2. The van der Waals surface area contributed by atoms with Gasteiger partial charge in [0.15, 0.2) is 4.34 Å². The second-order valence-electron chi connectivity index (χ2n) is 5.88. The van der Waals surface area contributed by atoms with E-state index in [9.17, 15) is 9.59 Å². The zero-order valence-electron chi connectivity index (χ0n) is 15.2. The molecule has 4 aromatic rings. The standard InChI is InChI=1S/C19H15N5O3S2/c1-27-12-6-4-5-11(9-12)16(25)22-18-23-24-19(29-18)28-10-15-17(26)21-14-8-3-2-7-13(14)20-15/h2-9H,10H2,1H3,(H,21,26)(H,22,23,25). The maximum Gasteiger partial charge on any atom is 0.271 e. The number of hydrogen-bond acceptors (Lipinski definition) is 8. The normalized spacial score (nSPS) is 10.8. The Hall–Kier alpha value is -3.24. The number of carbonyl (C=O) groups is 1. The number of hydrogen-bond donors (Lipinski definition) is 2. The van der Waals surface area contributed by atoms with Crippen LogP contribution >= 0.6 is 23.1 Å². The lowest BCUT2D eigenvalue weighted by molar-refractivity contribution is 0.102. The Balaban J connectivity index is 1.42. The average molecular weight is 425 g/mol. The van der Waals surface area contributed by atoms with E-state index in [1.165, 1.54) is 23.1 Å². The molecular weight excluding hydrogens is 410 g/mol. The van der Waals surface area contributed by atoms with Gasteiger partial charge in [-0.15, -0.1) is 10.2 Å². The third kappa shape index (κ3) is 4.44. The van der Waals surface area contributed by atoms with E-state index in [4.69, 9.17) is 4.74 Å². The van der Waals surface area contributed by atoms with Crippen LogP contribution in [0.5, 0.6) is 5.75 Å². The van der Waals surface area contributed by atoms with Gasteiger partial charge in [0.25, 0.3) is 11.5 Å². The van der Waals surface area contributed by atoms with Gasteiger partial charge in [-0.25, -0.2) is 4.98 Å². The van der Waals surface area contributed by atoms with Gasteiger partial charge in [-0.05, 0) is 30.3 Å². The summed E-state index contributed by atoms with van der Waals surface area (Å²) in [6, 6.07) is 14.2. The molecule has 2 aromatic carbocycles. The minimum absolute atomic E-state index is 0.229. The molecule has 0 spiro atoms. The van der Waals surface area contributed by atoms with Crippen molar-refractivity contribution < 1.29 is 9.53 Å². The number of carbonyl (C=O) groups excluding carboxylic acids is 1. The molecule has 10 heteroatoms. The molecule has 1 amide bonds.